The van der Waals surface area contributed by atoms with Gasteiger partial charge in [0.25, 0.3) is 5.56 Å². The van der Waals surface area contributed by atoms with Crippen molar-refractivity contribution in [2.75, 3.05) is 31.6 Å². The monoisotopic (exact) mass is 309 g/mol. The molecule has 2 atom stereocenters. The minimum atomic E-state index is -1.05. The highest BCUT2D eigenvalue weighted by Gasteiger charge is 2.44. The molecule has 3 rings (SSSR count). The van der Waals surface area contributed by atoms with Gasteiger partial charge in [-0.1, -0.05) is 6.08 Å². The Balaban J connectivity index is 1.73. The van der Waals surface area contributed by atoms with Gasteiger partial charge in [0.1, 0.15) is 5.60 Å². The summed E-state index contributed by atoms with van der Waals surface area (Å²) < 4.78 is 0. The number of nitrogens with zero attached hydrogens (tertiary/aromatic N) is 2. The van der Waals surface area contributed by atoms with Crippen molar-refractivity contribution in [3.8, 4) is 0 Å². The molecule has 1 saturated heterocycles. The number of β-amino-alcohol motifs (C(OH)–C–C–N with tert-alkyl or cyclic N) is 2. The van der Waals surface area contributed by atoms with E-state index < -0.39 is 11.7 Å². The quantitative estimate of drug-likeness (QED) is 0.693. The Kier molecular flexibility index (Phi) is 3.92. The summed E-state index contributed by atoms with van der Waals surface area (Å²) in [5, 5.41) is 20.5. The fourth-order valence-corrected chi connectivity index (χ4v) is 3.86. The molecule has 0 saturated carbocycles. The van der Waals surface area contributed by atoms with Crippen LogP contribution >= 0.6 is 11.8 Å². The van der Waals surface area contributed by atoms with E-state index in [2.05, 4.69) is 9.97 Å². The lowest BCUT2D eigenvalue weighted by Crippen LogP contribution is -2.44. The van der Waals surface area contributed by atoms with Crippen molar-refractivity contribution in [2.45, 2.75) is 18.1 Å². The zero-order valence-corrected chi connectivity index (χ0v) is 12.7. The maximum Gasteiger partial charge on any atom is 0.254 e. The summed E-state index contributed by atoms with van der Waals surface area (Å²) in [5.74, 6) is 0.512. The van der Waals surface area contributed by atoms with Crippen LogP contribution in [0.2, 0.25) is 0 Å². The smallest absolute Gasteiger partial charge is 0.254 e. The SMILES string of the molecule is CSC[C@@]1(O)CN(CC2=CCc3c2nc[nH]c3=O)CC1O. The third kappa shape index (κ3) is 2.66. The summed E-state index contributed by atoms with van der Waals surface area (Å²) in [4.78, 5) is 20.6. The predicted molar refractivity (Wildman–Crippen MR) is 82.3 cm³/mol. The Morgan fingerprint density at radius 2 is 2.43 bits per heavy atom. The van der Waals surface area contributed by atoms with Gasteiger partial charge in [-0.05, 0) is 18.2 Å². The van der Waals surface area contributed by atoms with Crippen LogP contribution in [0.4, 0.5) is 0 Å². The molecule has 2 heterocycles. The number of rotatable bonds is 4. The van der Waals surface area contributed by atoms with Gasteiger partial charge in [0.2, 0.25) is 0 Å². The van der Waals surface area contributed by atoms with Crippen molar-refractivity contribution >= 4 is 17.3 Å². The van der Waals surface area contributed by atoms with E-state index in [9.17, 15) is 15.0 Å². The maximum absolute atomic E-state index is 11.7. The summed E-state index contributed by atoms with van der Waals surface area (Å²) in [6.45, 7) is 1.47. The van der Waals surface area contributed by atoms with Crippen LogP contribution in [-0.4, -0.2) is 68.4 Å². The molecule has 0 spiro atoms. The van der Waals surface area contributed by atoms with E-state index in [4.69, 9.17) is 0 Å². The van der Waals surface area contributed by atoms with Crippen LogP contribution in [0.5, 0.6) is 0 Å². The lowest BCUT2D eigenvalue weighted by molar-refractivity contribution is -0.0215. The number of aliphatic hydroxyl groups excluding tert-OH is 1. The lowest BCUT2D eigenvalue weighted by Gasteiger charge is -2.24. The Labute approximate surface area is 126 Å². The number of thioether (sulfide) groups is 1. The first-order valence-electron chi connectivity index (χ1n) is 6.91. The Bertz CT molecular complexity index is 630. The third-order valence-corrected chi connectivity index (χ3v) is 4.93. The molecule has 6 nitrogen and oxygen atoms in total. The number of aromatic nitrogens is 2. The van der Waals surface area contributed by atoms with Crippen LogP contribution in [0, 0.1) is 0 Å². The average Bonchev–Trinajstić information content (AvgIpc) is 2.94. The van der Waals surface area contributed by atoms with Crippen molar-refractivity contribution in [1.29, 1.82) is 0 Å². The minimum Gasteiger partial charge on any atom is -0.389 e. The first-order chi connectivity index (χ1) is 10.0. The Morgan fingerprint density at radius 3 is 3.19 bits per heavy atom. The highest BCUT2D eigenvalue weighted by molar-refractivity contribution is 7.98. The molecule has 0 amide bonds. The molecule has 2 aliphatic rings. The van der Waals surface area contributed by atoms with Gasteiger partial charge in [-0.25, -0.2) is 4.98 Å². The minimum absolute atomic E-state index is 0.0911. The Morgan fingerprint density at radius 1 is 1.62 bits per heavy atom. The fourth-order valence-electron chi connectivity index (χ4n) is 3.08. The number of hydrogen-bond acceptors (Lipinski definition) is 6. The highest BCUT2D eigenvalue weighted by atomic mass is 32.2. The van der Waals surface area contributed by atoms with Gasteiger partial charge in [-0.2, -0.15) is 11.8 Å². The number of aliphatic hydroxyl groups is 2. The van der Waals surface area contributed by atoms with Crippen molar-refractivity contribution in [3.05, 3.63) is 34.0 Å². The van der Waals surface area contributed by atoms with Crippen LogP contribution in [0.25, 0.3) is 5.57 Å². The molecule has 1 aromatic heterocycles. The maximum atomic E-state index is 11.7. The van der Waals surface area contributed by atoms with Crippen molar-refractivity contribution < 1.29 is 10.2 Å². The van der Waals surface area contributed by atoms with Gasteiger partial charge in [-0.15, -0.1) is 0 Å². The summed E-state index contributed by atoms with van der Waals surface area (Å²) in [6, 6.07) is 0. The van der Waals surface area contributed by atoms with E-state index in [0.29, 0.717) is 37.4 Å². The second-order valence-corrected chi connectivity index (χ2v) is 6.58. The number of likely N-dealkylation sites (tertiary alicyclic amines) is 1. The molecule has 7 heteroatoms. The van der Waals surface area contributed by atoms with Crippen molar-refractivity contribution in [3.63, 3.8) is 0 Å². The third-order valence-electron chi connectivity index (χ3n) is 4.14. The number of fused-ring (bicyclic) bond motifs is 1. The summed E-state index contributed by atoms with van der Waals surface area (Å²) >= 11 is 1.53. The second-order valence-electron chi connectivity index (χ2n) is 5.71. The molecule has 1 aromatic rings. The van der Waals surface area contributed by atoms with Crippen LogP contribution in [-0.2, 0) is 6.42 Å². The zero-order chi connectivity index (χ0) is 15.0. The number of nitrogens with one attached hydrogen (secondary N) is 1. The van der Waals surface area contributed by atoms with Gasteiger partial charge in [0.15, 0.2) is 0 Å². The molecule has 0 bridgehead atoms. The normalized spacial score (nSPS) is 28.7. The first-order valence-corrected chi connectivity index (χ1v) is 8.30. The Hall–Kier alpha value is -1.15. The molecule has 0 radical (unpaired) electrons. The summed E-state index contributed by atoms with van der Waals surface area (Å²) in [5.41, 5.74) is 1.30. The molecule has 1 unspecified atom stereocenters. The van der Waals surface area contributed by atoms with E-state index in [1.807, 2.05) is 17.2 Å². The molecule has 0 aromatic carbocycles. The van der Waals surface area contributed by atoms with E-state index in [1.165, 1.54) is 18.1 Å². The van der Waals surface area contributed by atoms with Crippen molar-refractivity contribution in [2.24, 2.45) is 0 Å². The molecular formula is C14H19N3O3S. The van der Waals surface area contributed by atoms with Crippen molar-refractivity contribution in [1.82, 2.24) is 14.9 Å². The number of allylic oxidation sites excluding steroid dienone is 1. The summed E-state index contributed by atoms with van der Waals surface area (Å²) in [6.07, 6.45) is 5.20. The first kappa shape index (κ1) is 14.8. The molecule has 3 N–H and O–H groups in total. The molecule has 1 aliphatic carbocycles. The van der Waals surface area contributed by atoms with E-state index in [-0.39, 0.29) is 5.56 Å². The van der Waals surface area contributed by atoms with Gasteiger partial charge in [-0.3, -0.25) is 9.69 Å². The molecule has 114 valence electrons. The van der Waals surface area contributed by atoms with Crippen LogP contribution < -0.4 is 5.56 Å². The standard InChI is InChI=1S/C14H19N3O3S/c1-21-7-14(20)6-17(5-11(14)18)4-9-2-3-10-12(9)15-8-16-13(10)19/h2,8,11,18,20H,3-7H2,1H3,(H,15,16,19)/t11?,14-/m0/s1. The highest BCUT2D eigenvalue weighted by Crippen LogP contribution is 2.29. The number of hydrogen-bond donors (Lipinski definition) is 3. The second kappa shape index (κ2) is 5.57. The largest absolute Gasteiger partial charge is 0.389 e. The molecule has 21 heavy (non-hydrogen) atoms. The predicted octanol–water partition coefficient (Wildman–Crippen LogP) is -0.520. The fraction of sp³-hybridized carbons (Fsp3) is 0.571. The van der Waals surface area contributed by atoms with Crippen LogP contribution in [0.3, 0.4) is 0 Å². The summed E-state index contributed by atoms with van der Waals surface area (Å²) in [7, 11) is 0. The van der Waals surface area contributed by atoms with Gasteiger partial charge in [0.05, 0.1) is 18.1 Å². The number of aromatic amines is 1. The van der Waals surface area contributed by atoms with E-state index in [0.717, 1.165) is 11.3 Å². The molecule has 1 fully saturated rings. The van der Waals surface area contributed by atoms with Gasteiger partial charge < -0.3 is 15.2 Å². The van der Waals surface area contributed by atoms with Crippen LogP contribution in [0.1, 0.15) is 11.3 Å². The average molecular weight is 309 g/mol. The van der Waals surface area contributed by atoms with Crippen LogP contribution in [0.15, 0.2) is 17.2 Å². The molecule has 1 aliphatic heterocycles. The zero-order valence-electron chi connectivity index (χ0n) is 11.9. The topological polar surface area (TPSA) is 89.5 Å². The van der Waals surface area contributed by atoms with E-state index in [1.54, 1.807) is 0 Å². The number of H-pyrrole nitrogens is 1. The van der Waals surface area contributed by atoms with Gasteiger partial charge >= 0.3 is 0 Å². The van der Waals surface area contributed by atoms with E-state index >= 15 is 0 Å². The lowest BCUT2D eigenvalue weighted by atomic mass is 10.0. The molecular weight excluding hydrogens is 290 g/mol. The van der Waals surface area contributed by atoms with Gasteiger partial charge in [0, 0.05) is 31.0 Å².